The number of halogens is 2. The zero-order chi connectivity index (χ0) is 19.6. The van der Waals surface area contributed by atoms with E-state index in [2.05, 4.69) is 5.32 Å². The van der Waals surface area contributed by atoms with Gasteiger partial charge in [0.25, 0.3) is 11.8 Å². The molecule has 0 spiro atoms. The maximum absolute atomic E-state index is 12.9. The van der Waals surface area contributed by atoms with Gasteiger partial charge in [0.1, 0.15) is 11.4 Å². The molecule has 140 valence electrons. The molecule has 2 aromatic carbocycles. The van der Waals surface area contributed by atoms with Gasteiger partial charge in [0.2, 0.25) is 0 Å². The first-order chi connectivity index (χ1) is 13.0. The SMILES string of the molecule is CCOc1ccccc1NC1=C(c2ccc(Cl)cc2Cl)C(=O)N(CC)C1=O. The summed E-state index contributed by atoms with van der Waals surface area (Å²) < 4.78 is 5.60. The first-order valence-electron chi connectivity index (χ1n) is 8.52. The number of anilines is 1. The molecule has 0 unspecified atom stereocenters. The van der Waals surface area contributed by atoms with Gasteiger partial charge < -0.3 is 10.1 Å². The largest absolute Gasteiger partial charge is 0.492 e. The molecular weight excluding hydrogens is 387 g/mol. The van der Waals surface area contributed by atoms with Crippen molar-refractivity contribution < 1.29 is 14.3 Å². The average Bonchev–Trinajstić information content (AvgIpc) is 2.87. The van der Waals surface area contributed by atoms with E-state index >= 15 is 0 Å². The van der Waals surface area contributed by atoms with E-state index in [1.54, 1.807) is 37.3 Å². The molecule has 0 bridgehead atoms. The van der Waals surface area contributed by atoms with Gasteiger partial charge in [-0.2, -0.15) is 0 Å². The minimum atomic E-state index is -0.408. The van der Waals surface area contributed by atoms with E-state index in [-0.39, 0.29) is 17.8 Å². The summed E-state index contributed by atoms with van der Waals surface area (Å²) in [6, 6.07) is 12.0. The summed E-state index contributed by atoms with van der Waals surface area (Å²) in [4.78, 5) is 26.9. The number of nitrogens with zero attached hydrogens (tertiary/aromatic N) is 1. The van der Waals surface area contributed by atoms with Gasteiger partial charge in [-0.15, -0.1) is 0 Å². The molecule has 0 aromatic heterocycles. The van der Waals surface area contributed by atoms with E-state index in [9.17, 15) is 9.59 Å². The number of likely N-dealkylation sites (N-methyl/N-ethyl adjacent to an activating group) is 1. The van der Waals surface area contributed by atoms with Crippen molar-refractivity contribution in [1.29, 1.82) is 0 Å². The summed E-state index contributed by atoms with van der Waals surface area (Å²) in [7, 11) is 0. The third-order valence-electron chi connectivity index (χ3n) is 4.13. The second-order valence-electron chi connectivity index (χ2n) is 5.78. The van der Waals surface area contributed by atoms with E-state index < -0.39 is 11.8 Å². The van der Waals surface area contributed by atoms with Crippen molar-refractivity contribution >= 4 is 46.3 Å². The molecule has 0 saturated heterocycles. The molecule has 1 aliphatic heterocycles. The Morgan fingerprint density at radius 1 is 1.04 bits per heavy atom. The van der Waals surface area contributed by atoms with Crippen LogP contribution in [0.25, 0.3) is 5.57 Å². The highest BCUT2D eigenvalue weighted by Crippen LogP contribution is 2.36. The quantitative estimate of drug-likeness (QED) is 0.714. The third-order valence-corrected chi connectivity index (χ3v) is 4.68. The smallest absolute Gasteiger partial charge is 0.278 e. The molecule has 0 fully saturated rings. The van der Waals surface area contributed by atoms with Gasteiger partial charge in [0.15, 0.2) is 0 Å². The molecular formula is C20H18Cl2N2O3. The normalized spacial score (nSPS) is 14.1. The highest BCUT2D eigenvalue weighted by atomic mass is 35.5. The molecule has 27 heavy (non-hydrogen) atoms. The Hall–Kier alpha value is -2.50. The van der Waals surface area contributed by atoms with Gasteiger partial charge in [0.05, 0.1) is 22.9 Å². The van der Waals surface area contributed by atoms with E-state index in [0.29, 0.717) is 33.7 Å². The molecule has 0 saturated carbocycles. The summed E-state index contributed by atoms with van der Waals surface area (Å²) in [5.74, 6) is -0.220. The Bertz CT molecular complexity index is 941. The number of benzene rings is 2. The molecule has 0 aliphatic carbocycles. The summed E-state index contributed by atoms with van der Waals surface area (Å²) in [6.45, 7) is 4.35. The van der Waals surface area contributed by atoms with E-state index in [4.69, 9.17) is 27.9 Å². The maximum Gasteiger partial charge on any atom is 0.278 e. The number of imide groups is 1. The standard InChI is InChI=1S/C20H18Cl2N2O3/c1-3-24-19(25)17(13-10-9-12(21)11-14(13)22)18(20(24)26)23-15-7-5-6-8-16(15)27-4-2/h5-11,23H,3-4H2,1-2H3. The molecule has 1 heterocycles. The maximum atomic E-state index is 12.9. The molecule has 0 radical (unpaired) electrons. The Labute approximate surface area is 167 Å². The topological polar surface area (TPSA) is 58.6 Å². The van der Waals surface area contributed by atoms with Gasteiger partial charge in [-0.1, -0.05) is 41.4 Å². The van der Waals surface area contributed by atoms with Crippen molar-refractivity contribution in [2.75, 3.05) is 18.5 Å². The van der Waals surface area contributed by atoms with Crippen molar-refractivity contribution in [2.45, 2.75) is 13.8 Å². The van der Waals surface area contributed by atoms with Crippen LogP contribution in [0.2, 0.25) is 10.0 Å². The lowest BCUT2D eigenvalue weighted by atomic mass is 10.0. The minimum absolute atomic E-state index is 0.165. The fraction of sp³-hybridized carbons (Fsp3) is 0.200. The Kier molecular flexibility index (Phi) is 5.73. The van der Waals surface area contributed by atoms with Crippen LogP contribution in [0.15, 0.2) is 48.2 Å². The van der Waals surface area contributed by atoms with E-state index in [1.807, 2.05) is 19.1 Å². The molecule has 2 amide bonds. The van der Waals surface area contributed by atoms with Gasteiger partial charge in [-0.3, -0.25) is 14.5 Å². The molecule has 1 N–H and O–H groups in total. The van der Waals surface area contributed by atoms with Crippen LogP contribution in [0.1, 0.15) is 19.4 Å². The monoisotopic (exact) mass is 404 g/mol. The van der Waals surface area contributed by atoms with Crippen molar-refractivity contribution in [2.24, 2.45) is 0 Å². The van der Waals surface area contributed by atoms with Crippen molar-refractivity contribution in [3.63, 3.8) is 0 Å². The van der Waals surface area contributed by atoms with Crippen LogP contribution in [0.4, 0.5) is 5.69 Å². The van der Waals surface area contributed by atoms with E-state index in [1.165, 1.54) is 4.90 Å². The number of hydrogen-bond acceptors (Lipinski definition) is 4. The fourth-order valence-corrected chi connectivity index (χ4v) is 3.41. The summed E-state index contributed by atoms with van der Waals surface area (Å²) >= 11 is 12.3. The Morgan fingerprint density at radius 2 is 1.78 bits per heavy atom. The lowest BCUT2D eigenvalue weighted by Gasteiger charge is -2.14. The Morgan fingerprint density at radius 3 is 2.44 bits per heavy atom. The first kappa shape index (κ1) is 19.3. The van der Waals surface area contributed by atoms with E-state index in [0.717, 1.165) is 0 Å². The predicted molar refractivity (Wildman–Crippen MR) is 107 cm³/mol. The Balaban J connectivity index is 2.13. The number of carbonyl (C=O) groups excluding carboxylic acids is 2. The molecule has 0 atom stereocenters. The lowest BCUT2D eigenvalue weighted by molar-refractivity contribution is -0.136. The third kappa shape index (κ3) is 3.66. The number of carbonyl (C=O) groups is 2. The van der Waals surface area contributed by atoms with Crippen LogP contribution < -0.4 is 10.1 Å². The molecule has 1 aliphatic rings. The van der Waals surface area contributed by atoms with Gasteiger partial charge >= 0.3 is 0 Å². The van der Waals surface area contributed by atoms with Crippen LogP contribution in [0.5, 0.6) is 5.75 Å². The highest BCUT2D eigenvalue weighted by molar-refractivity contribution is 6.41. The molecule has 3 rings (SSSR count). The molecule has 7 heteroatoms. The lowest BCUT2D eigenvalue weighted by Crippen LogP contribution is -2.32. The zero-order valence-electron chi connectivity index (χ0n) is 14.9. The van der Waals surface area contributed by atoms with Crippen molar-refractivity contribution in [1.82, 2.24) is 4.90 Å². The molecule has 2 aromatic rings. The summed E-state index contributed by atoms with van der Waals surface area (Å²) in [6.07, 6.45) is 0. The minimum Gasteiger partial charge on any atom is -0.492 e. The second kappa shape index (κ2) is 8.03. The second-order valence-corrected chi connectivity index (χ2v) is 6.63. The van der Waals surface area contributed by atoms with Gasteiger partial charge in [-0.05, 0) is 38.1 Å². The zero-order valence-corrected chi connectivity index (χ0v) is 16.4. The highest BCUT2D eigenvalue weighted by Gasteiger charge is 2.39. The van der Waals surface area contributed by atoms with Crippen molar-refractivity contribution in [3.05, 3.63) is 63.8 Å². The predicted octanol–water partition coefficient (Wildman–Crippen LogP) is 4.60. The van der Waals surface area contributed by atoms with Crippen LogP contribution in [0.3, 0.4) is 0 Å². The summed E-state index contributed by atoms with van der Waals surface area (Å²) in [5.41, 5.74) is 1.43. The van der Waals surface area contributed by atoms with Gasteiger partial charge in [0, 0.05) is 17.1 Å². The van der Waals surface area contributed by atoms with Crippen LogP contribution >= 0.6 is 23.2 Å². The number of para-hydroxylation sites is 2. The fourth-order valence-electron chi connectivity index (χ4n) is 2.91. The van der Waals surface area contributed by atoms with Gasteiger partial charge in [-0.25, -0.2) is 0 Å². The van der Waals surface area contributed by atoms with Crippen molar-refractivity contribution in [3.8, 4) is 5.75 Å². The number of amides is 2. The van der Waals surface area contributed by atoms with Crippen LogP contribution in [-0.4, -0.2) is 29.9 Å². The summed E-state index contributed by atoms with van der Waals surface area (Å²) in [5, 5.41) is 3.83. The van der Waals surface area contributed by atoms with Crippen LogP contribution in [-0.2, 0) is 9.59 Å². The number of ether oxygens (including phenoxy) is 1. The van der Waals surface area contributed by atoms with Crippen LogP contribution in [0, 0.1) is 0 Å². The number of rotatable bonds is 6. The average molecular weight is 405 g/mol. The number of hydrogen-bond donors (Lipinski definition) is 1. The molecule has 5 nitrogen and oxygen atoms in total. The number of nitrogens with one attached hydrogen (secondary N) is 1. The first-order valence-corrected chi connectivity index (χ1v) is 9.28.